The number of fused-ring (bicyclic) bond motifs is 4. The van der Waals surface area contributed by atoms with E-state index in [1.807, 2.05) is 105 Å². The summed E-state index contributed by atoms with van der Waals surface area (Å²) in [4.78, 5) is 49.9. The Morgan fingerprint density at radius 3 is 2.24 bits per heavy atom. The van der Waals surface area contributed by atoms with Gasteiger partial charge >= 0.3 is 0 Å². The van der Waals surface area contributed by atoms with Gasteiger partial charge in [0.25, 0.3) is 5.88 Å². The first-order valence-corrected chi connectivity index (χ1v) is 24.9. The maximum absolute atomic E-state index is 16.1. The number of nitrogens with one attached hydrogen (secondary N) is 1. The number of rotatable bonds is 12. The molecule has 13 nitrogen and oxygen atoms in total. The van der Waals surface area contributed by atoms with Crippen LogP contribution >= 0.6 is 0 Å². The van der Waals surface area contributed by atoms with Crippen LogP contribution in [0.2, 0.25) is 18.1 Å². The van der Waals surface area contributed by atoms with Gasteiger partial charge in [0, 0.05) is 23.1 Å². The Kier molecular flexibility index (Phi) is 12.0. The second-order valence-corrected chi connectivity index (χ2v) is 24.0. The third-order valence-electron chi connectivity index (χ3n) is 14.0. The number of ether oxygens (including phenoxy) is 3. The first-order chi connectivity index (χ1) is 30.0. The third-order valence-corrected chi connectivity index (χ3v) is 18.5. The van der Waals surface area contributed by atoms with Gasteiger partial charge in [-0.3, -0.25) is 24.2 Å². The Hall–Kier alpha value is -5.28. The number of ketones is 2. The van der Waals surface area contributed by atoms with Crippen molar-refractivity contribution in [3.8, 4) is 17.4 Å². The minimum Gasteiger partial charge on any atom is -0.507 e. The van der Waals surface area contributed by atoms with E-state index < -0.39 is 48.4 Å². The van der Waals surface area contributed by atoms with Crippen molar-refractivity contribution in [2.75, 3.05) is 40.1 Å². The van der Waals surface area contributed by atoms with Gasteiger partial charge in [0.1, 0.15) is 30.3 Å². The van der Waals surface area contributed by atoms with Crippen molar-refractivity contribution in [1.29, 1.82) is 0 Å². The van der Waals surface area contributed by atoms with E-state index in [9.17, 15) is 9.90 Å². The van der Waals surface area contributed by atoms with Gasteiger partial charge in [0.2, 0.25) is 17.5 Å². The number of anilines is 1. The van der Waals surface area contributed by atoms with Gasteiger partial charge in [-0.1, -0.05) is 87.9 Å². The molecule has 4 aliphatic rings. The summed E-state index contributed by atoms with van der Waals surface area (Å²) in [6.45, 7) is 11.3. The number of carbonyl (C=O) groups is 3. The van der Waals surface area contributed by atoms with E-state index in [2.05, 4.69) is 31.2 Å². The zero-order valence-electron chi connectivity index (χ0n) is 37.9. The molecule has 1 amide bonds. The molecule has 3 aromatic carbocycles. The van der Waals surface area contributed by atoms with Crippen LogP contribution in [-0.4, -0.2) is 92.3 Å². The number of Topliss-reactive ketones (excluding diaryl/α,β-unsaturated/α-hetero) is 2. The molecule has 14 heteroatoms. The minimum absolute atomic E-state index is 0.0187. The van der Waals surface area contributed by atoms with Gasteiger partial charge in [-0.2, -0.15) is 0 Å². The Morgan fingerprint density at radius 1 is 0.984 bits per heavy atom. The topological polar surface area (TPSA) is 153 Å². The predicted octanol–water partition coefficient (Wildman–Crippen LogP) is 8.55. The number of piperidine rings is 1. The molecule has 1 saturated carbocycles. The van der Waals surface area contributed by atoms with E-state index in [1.165, 1.54) is 0 Å². The highest BCUT2D eigenvalue weighted by Gasteiger charge is 2.69. The zero-order valence-corrected chi connectivity index (χ0v) is 38.9. The summed E-state index contributed by atoms with van der Waals surface area (Å²) in [5.74, 6) is -2.11. The third kappa shape index (κ3) is 7.78. The maximum Gasteiger partial charge on any atom is 0.265 e. The molecule has 2 unspecified atom stereocenters. The van der Waals surface area contributed by atoms with Gasteiger partial charge in [-0.25, -0.2) is 0 Å². The summed E-state index contributed by atoms with van der Waals surface area (Å²) >= 11 is 0. The number of aromatic nitrogens is 1. The average Bonchev–Trinajstić information content (AvgIpc) is 3.67. The van der Waals surface area contributed by atoms with Crippen molar-refractivity contribution in [2.45, 2.75) is 102 Å². The van der Waals surface area contributed by atoms with Gasteiger partial charge in [-0.15, -0.1) is 0 Å². The van der Waals surface area contributed by atoms with E-state index in [-0.39, 0.29) is 72.1 Å². The molecule has 2 heterocycles. The van der Waals surface area contributed by atoms with Crippen LogP contribution in [0.25, 0.3) is 5.76 Å². The highest BCUT2D eigenvalue weighted by Crippen LogP contribution is 2.60. The fourth-order valence-corrected chi connectivity index (χ4v) is 11.2. The van der Waals surface area contributed by atoms with E-state index in [0.717, 1.165) is 30.5 Å². The highest BCUT2D eigenvalue weighted by atomic mass is 28.4. The average molecular weight is 877 g/mol. The zero-order chi connectivity index (χ0) is 45.0. The summed E-state index contributed by atoms with van der Waals surface area (Å²) < 4.78 is 32.3. The Bertz CT molecular complexity index is 2430. The van der Waals surface area contributed by atoms with E-state index >= 15 is 9.59 Å². The van der Waals surface area contributed by atoms with Gasteiger partial charge in [-0.05, 0) is 93.7 Å². The minimum atomic E-state index is -2.98. The SMILES string of the molecule is COc1cc(NC(=O)C2CCCCN2C)c(OCc2ccccc2)c2c1C[C@H]1C[C@H]3[C@H](N(C)C)c4onc(OCc5ccccc5)c4C(=O)C3(O[Si](C)(C)C(C)(C)C)C(=O)C1=C2O. The lowest BCUT2D eigenvalue weighted by molar-refractivity contribution is -0.140. The summed E-state index contributed by atoms with van der Waals surface area (Å²) in [6.07, 6.45) is 3.19. The molecule has 2 N–H and O–H groups in total. The number of carbonyl (C=O) groups excluding carboxylic acids is 3. The fourth-order valence-electron chi connectivity index (χ4n) is 9.75. The van der Waals surface area contributed by atoms with E-state index in [4.69, 9.17) is 23.2 Å². The number of aliphatic hydroxyl groups is 1. The van der Waals surface area contributed by atoms with Crippen molar-refractivity contribution in [2.24, 2.45) is 11.8 Å². The molecular formula is C49H60N4O9Si. The molecule has 63 heavy (non-hydrogen) atoms. The predicted molar refractivity (Wildman–Crippen MR) is 242 cm³/mol. The number of likely N-dealkylation sites (N-methyl/N-ethyl adjacent to an activating group) is 1. The molecule has 1 saturated heterocycles. The molecule has 1 aromatic heterocycles. The van der Waals surface area contributed by atoms with Gasteiger partial charge < -0.3 is 33.6 Å². The number of amides is 1. The standard InChI is InChI=1S/C49H60N4O9Si/c1-48(2,3)63(8,9)62-49-33(40(52(4)5)43-39(45(49)56)47(51-61-43)60-28-30-20-14-11-15-21-30)25-31-24-32-36(58-7)26-34(50-46(57)35-22-16-17-23-53(35)6)42(38(32)41(54)37(31)44(49)55)59-27-29-18-12-10-13-19-29/h10-15,18-21,26,31,33,35,40,54H,16-17,22-25,27-28H2,1-9H3,(H,50,57)/t31-,33-,35?,40-,49?/m0/s1. The van der Waals surface area contributed by atoms with Crippen molar-refractivity contribution in [1.82, 2.24) is 15.0 Å². The molecule has 5 atom stereocenters. The molecular weight excluding hydrogens is 817 g/mol. The summed E-state index contributed by atoms with van der Waals surface area (Å²) in [7, 11) is 4.29. The monoisotopic (exact) mass is 876 g/mol. The van der Waals surface area contributed by atoms with Crippen molar-refractivity contribution >= 4 is 37.2 Å². The quantitative estimate of drug-likeness (QED) is 0.104. The maximum atomic E-state index is 16.1. The number of likely N-dealkylation sites (tertiary alicyclic amines) is 1. The molecule has 2 fully saturated rings. The molecule has 0 bridgehead atoms. The van der Waals surface area contributed by atoms with Crippen molar-refractivity contribution < 1.29 is 42.6 Å². The van der Waals surface area contributed by atoms with E-state index in [0.29, 0.717) is 29.2 Å². The second kappa shape index (κ2) is 17.0. The number of nitrogens with zero attached hydrogens (tertiary/aromatic N) is 3. The molecule has 3 aliphatic carbocycles. The summed E-state index contributed by atoms with van der Waals surface area (Å²) in [5.41, 5.74) is 0.967. The first kappa shape index (κ1) is 44.3. The molecule has 4 aromatic rings. The molecule has 0 radical (unpaired) electrons. The Morgan fingerprint density at radius 2 is 1.63 bits per heavy atom. The van der Waals surface area contributed by atoms with Gasteiger partial charge in [0.05, 0.1) is 30.4 Å². The number of hydrogen-bond acceptors (Lipinski definition) is 12. The number of methoxy groups -OCH3 is 1. The number of aliphatic hydroxyl groups excluding tert-OH is 1. The molecule has 8 rings (SSSR count). The summed E-state index contributed by atoms with van der Waals surface area (Å²) in [6, 6.07) is 19.9. The van der Waals surface area contributed by atoms with Crippen LogP contribution in [0.15, 0.2) is 76.8 Å². The molecule has 1 aliphatic heterocycles. The fraction of sp³-hybridized carbons (Fsp3) is 0.469. The Balaban J connectivity index is 1.31. The van der Waals surface area contributed by atoms with Crippen LogP contribution in [0.3, 0.4) is 0 Å². The van der Waals surface area contributed by atoms with Gasteiger partial charge in [0.15, 0.2) is 25.4 Å². The van der Waals surface area contributed by atoms with E-state index in [1.54, 1.807) is 13.2 Å². The second-order valence-electron chi connectivity index (χ2n) is 19.2. The molecule has 0 spiro atoms. The van der Waals surface area contributed by atoms with Crippen LogP contribution in [0.4, 0.5) is 5.69 Å². The van der Waals surface area contributed by atoms with Crippen LogP contribution in [0.5, 0.6) is 17.4 Å². The largest absolute Gasteiger partial charge is 0.507 e. The van der Waals surface area contributed by atoms with Crippen LogP contribution in [0.1, 0.15) is 90.9 Å². The first-order valence-electron chi connectivity index (χ1n) is 22.0. The lowest BCUT2D eigenvalue weighted by Gasteiger charge is -2.55. The lowest BCUT2D eigenvalue weighted by Crippen LogP contribution is -2.68. The molecule has 334 valence electrons. The summed E-state index contributed by atoms with van der Waals surface area (Å²) in [5, 5.41) is 19.9. The number of benzene rings is 3. The van der Waals surface area contributed by atoms with Crippen LogP contribution in [-0.2, 0) is 33.6 Å². The smallest absolute Gasteiger partial charge is 0.265 e. The lowest BCUT2D eigenvalue weighted by atomic mass is 9.57. The van der Waals surface area contributed by atoms with Crippen LogP contribution < -0.4 is 19.5 Å². The van der Waals surface area contributed by atoms with Crippen LogP contribution in [0, 0.1) is 11.8 Å². The van der Waals surface area contributed by atoms with Crippen molar-refractivity contribution in [3.63, 3.8) is 0 Å². The van der Waals surface area contributed by atoms with Crippen molar-refractivity contribution in [3.05, 3.63) is 106 Å². The normalized spacial score (nSPS) is 23.7. The number of hydrogen-bond donors (Lipinski definition) is 2. The highest BCUT2D eigenvalue weighted by molar-refractivity contribution is 6.74. The Labute approximate surface area is 370 Å².